The molecule has 1 aromatic rings. The van der Waals surface area contributed by atoms with Crippen molar-refractivity contribution >= 4 is 55.5 Å². The summed E-state index contributed by atoms with van der Waals surface area (Å²) in [5.74, 6) is -0.142. The van der Waals surface area contributed by atoms with Crippen LogP contribution in [0.3, 0.4) is 0 Å². The molecule has 0 radical (unpaired) electrons. The Labute approximate surface area is 104 Å². The van der Waals surface area contributed by atoms with E-state index in [0.717, 1.165) is 16.6 Å². The number of nitrogens with two attached hydrogens (primary N) is 1. The summed E-state index contributed by atoms with van der Waals surface area (Å²) in [7, 11) is 0. The lowest BCUT2D eigenvalue weighted by atomic mass is 10.1. The average molecular weight is 306 g/mol. The first-order valence-electron chi connectivity index (χ1n) is 4.27. The molecular formula is C8H8BrN3OS2. The minimum absolute atomic E-state index is 0.142. The lowest BCUT2D eigenvalue weighted by Gasteiger charge is -2.11. The van der Waals surface area contributed by atoms with E-state index in [-0.39, 0.29) is 10.9 Å². The summed E-state index contributed by atoms with van der Waals surface area (Å²) in [5, 5.41) is 3.28. The number of nitrogens with one attached hydrogen (secondary N) is 1. The lowest BCUT2D eigenvalue weighted by Crippen LogP contribution is -2.34. The summed E-state index contributed by atoms with van der Waals surface area (Å²) in [5.41, 5.74) is 4.92. The van der Waals surface area contributed by atoms with Crippen LogP contribution in [0.25, 0.3) is 0 Å². The number of amides is 1. The molecule has 4 nitrogen and oxygen atoms in total. The Morgan fingerprint density at radius 2 is 2.40 bits per heavy atom. The standard InChI is InChI=1S/C8H8BrN3OS2/c9-4-3-11-7(15-4)12-6(13)8(1-2-8)5(10)14/h3H,1-2H2,(H2,10,14)(H,11,12,13). The van der Waals surface area contributed by atoms with Gasteiger partial charge in [0.2, 0.25) is 5.91 Å². The molecule has 1 fully saturated rings. The number of thiazole rings is 1. The second kappa shape index (κ2) is 3.80. The highest BCUT2D eigenvalue weighted by atomic mass is 79.9. The maximum atomic E-state index is 11.8. The van der Waals surface area contributed by atoms with Gasteiger partial charge < -0.3 is 11.1 Å². The van der Waals surface area contributed by atoms with Crippen molar-refractivity contribution in [2.45, 2.75) is 12.8 Å². The Bertz CT molecular complexity index is 427. The summed E-state index contributed by atoms with van der Waals surface area (Å²) in [6, 6.07) is 0. The first-order valence-corrected chi connectivity index (χ1v) is 6.29. The number of hydrogen-bond donors (Lipinski definition) is 2. The molecule has 0 unspecified atom stereocenters. The van der Waals surface area contributed by atoms with E-state index in [9.17, 15) is 4.79 Å². The molecule has 1 heterocycles. The summed E-state index contributed by atoms with van der Waals surface area (Å²) in [6.07, 6.45) is 3.11. The molecule has 15 heavy (non-hydrogen) atoms. The summed E-state index contributed by atoms with van der Waals surface area (Å²) in [6.45, 7) is 0. The summed E-state index contributed by atoms with van der Waals surface area (Å²) >= 11 is 9.52. The number of carbonyl (C=O) groups is 1. The zero-order valence-electron chi connectivity index (χ0n) is 7.62. The molecule has 1 aromatic heterocycles. The van der Waals surface area contributed by atoms with Gasteiger partial charge >= 0.3 is 0 Å². The number of anilines is 1. The van der Waals surface area contributed by atoms with Crippen LogP contribution >= 0.6 is 39.5 Å². The minimum Gasteiger partial charge on any atom is -0.392 e. The van der Waals surface area contributed by atoms with Gasteiger partial charge in [0.15, 0.2) is 5.13 Å². The fourth-order valence-corrected chi connectivity index (χ4v) is 2.64. The van der Waals surface area contributed by atoms with Gasteiger partial charge in [-0.15, -0.1) is 0 Å². The van der Waals surface area contributed by atoms with Gasteiger partial charge in [-0.05, 0) is 28.8 Å². The van der Waals surface area contributed by atoms with Crippen LogP contribution in [0.15, 0.2) is 9.98 Å². The molecule has 0 aliphatic heterocycles. The summed E-state index contributed by atoms with van der Waals surface area (Å²) in [4.78, 5) is 16.1. The fourth-order valence-electron chi connectivity index (χ4n) is 1.24. The zero-order chi connectivity index (χ0) is 11.1. The molecule has 1 aliphatic carbocycles. The Balaban J connectivity index is 2.08. The normalized spacial score (nSPS) is 17.1. The van der Waals surface area contributed by atoms with E-state index in [1.54, 1.807) is 6.20 Å². The second-order valence-electron chi connectivity index (χ2n) is 3.37. The van der Waals surface area contributed by atoms with E-state index in [1.807, 2.05) is 0 Å². The Kier molecular flexibility index (Phi) is 2.78. The lowest BCUT2D eigenvalue weighted by molar-refractivity contribution is -0.118. The second-order valence-corrected chi connectivity index (χ2v) is 6.22. The maximum Gasteiger partial charge on any atom is 0.239 e. The average Bonchev–Trinajstić information content (AvgIpc) is 2.88. The van der Waals surface area contributed by atoms with E-state index in [2.05, 4.69) is 26.2 Å². The molecule has 0 aromatic carbocycles. The molecular weight excluding hydrogens is 298 g/mol. The van der Waals surface area contributed by atoms with Gasteiger partial charge in [0, 0.05) is 0 Å². The van der Waals surface area contributed by atoms with Crippen LogP contribution in [0.1, 0.15) is 12.8 Å². The molecule has 0 atom stereocenters. The number of rotatable bonds is 3. The molecule has 7 heteroatoms. The summed E-state index contributed by atoms with van der Waals surface area (Å²) < 4.78 is 0.873. The Hall–Kier alpha value is -0.530. The van der Waals surface area contributed by atoms with E-state index in [1.165, 1.54) is 11.3 Å². The molecule has 1 aliphatic rings. The van der Waals surface area contributed by atoms with Gasteiger partial charge in [0.05, 0.1) is 20.4 Å². The smallest absolute Gasteiger partial charge is 0.239 e. The van der Waals surface area contributed by atoms with Crippen molar-refractivity contribution < 1.29 is 4.79 Å². The Morgan fingerprint density at radius 3 is 2.80 bits per heavy atom. The largest absolute Gasteiger partial charge is 0.392 e. The van der Waals surface area contributed by atoms with Crippen molar-refractivity contribution in [1.29, 1.82) is 0 Å². The molecule has 1 saturated carbocycles. The molecule has 1 amide bonds. The van der Waals surface area contributed by atoms with Crippen molar-refractivity contribution in [1.82, 2.24) is 4.98 Å². The van der Waals surface area contributed by atoms with Crippen molar-refractivity contribution in [3.05, 3.63) is 9.98 Å². The molecule has 2 rings (SSSR count). The molecule has 0 saturated heterocycles. The van der Waals surface area contributed by atoms with E-state index in [4.69, 9.17) is 18.0 Å². The first kappa shape index (κ1) is 11.0. The van der Waals surface area contributed by atoms with Gasteiger partial charge in [-0.1, -0.05) is 23.6 Å². The van der Waals surface area contributed by atoms with Crippen LogP contribution in [-0.4, -0.2) is 15.9 Å². The first-order chi connectivity index (χ1) is 7.04. The van der Waals surface area contributed by atoms with Gasteiger partial charge in [-0.2, -0.15) is 0 Å². The highest BCUT2D eigenvalue weighted by Gasteiger charge is 2.52. The van der Waals surface area contributed by atoms with Crippen molar-refractivity contribution in [2.24, 2.45) is 11.1 Å². The number of aromatic nitrogens is 1. The number of hydrogen-bond acceptors (Lipinski definition) is 4. The third-order valence-corrected chi connectivity index (χ3v) is 4.14. The maximum absolute atomic E-state index is 11.8. The van der Waals surface area contributed by atoms with E-state index in [0.29, 0.717) is 5.13 Å². The van der Waals surface area contributed by atoms with Crippen molar-refractivity contribution in [2.75, 3.05) is 5.32 Å². The third kappa shape index (κ3) is 2.04. The van der Waals surface area contributed by atoms with Gasteiger partial charge in [-0.25, -0.2) is 4.98 Å². The zero-order valence-corrected chi connectivity index (χ0v) is 10.8. The Morgan fingerprint density at radius 1 is 1.73 bits per heavy atom. The van der Waals surface area contributed by atoms with Crippen molar-refractivity contribution in [3.63, 3.8) is 0 Å². The van der Waals surface area contributed by atoms with Crippen LogP contribution in [0, 0.1) is 5.41 Å². The van der Waals surface area contributed by atoms with Gasteiger partial charge in [0.1, 0.15) is 0 Å². The van der Waals surface area contributed by atoms with Crippen LogP contribution in [0.2, 0.25) is 0 Å². The van der Waals surface area contributed by atoms with Crippen LogP contribution in [-0.2, 0) is 4.79 Å². The van der Waals surface area contributed by atoms with Crippen LogP contribution in [0.5, 0.6) is 0 Å². The molecule has 80 valence electrons. The topological polar surface area (TPSA) is 68.0 Å². The van der Waals surface area contributed by atoms with Crippen LogP contribution < -0.4 is 11.1 Å². The number of halogens is 1. The highest BCUT2D eigenvalue weighted by molar-refractivity contribution is 9.11. The molecule has 0 spiro atoms. The third-order valence-electron chi connectivity index (χ3n) is 2.35. The van der Waals surface area contributed by atoms with Gasteiger partial charge in [-0.3, -0.25) is 4.79 Å². The van der Waals surface area contributed by atoms with Crippen molar-refractivity contribution in [3.8, 4) is 0 Å². The van der Waals surface area contributed by atoms with E-state index < -0.39 is 5.41 Å². The highest BCUT2D eigenvalue weighted by Crippen LogP contribution is 2.47. The SMILES string of the molecule is NC(=S)C1(C(=O)Nc2ncc(Br)s2)CC1. The molecule has 0 bridgehead atoms. The number of carbonyl (C=O) groups excluding carboxylic acids is 1. The van der Waals surface area contributed by atoms with Gasteiger partial charge in [0.25, 0.3) is 0 Å². The predicted octanol–water partition coefficient (Wildman–Crippen LogP) is 1.91. The van der Waals surface area contributed by atoms with Crippen LogP contribution in [0.4, 0.5) is 5.13 Å². The minimum atomic E-state index is -0.618. The number of nitrogens with zero attached hydrogens (tertiary/aromatic N) is 1. The predicted molar refractivity (Wildman–Crippen MR) is 66.9 cm³/mol. The number of thiocarbonyl (C=S) groups is 1. The fraction of sp³-hybridized carbons (Fsp3) is 0.375. The monoisotopic (exact) mass is 305 g/mol. The molecule has 3 N–H and O–H groups in total. The van der Waals surface area contributed by atoms with E-state index >= 15 is 0 Å². The quantitative estimate of drug-likeness (QED) is 0.837.